The lowest BCUT2D eigenvalue weighted by Gasteiger charge is -2.14. The summed E-state index contributed by atoms with van der Waals surface area (Å²) in [4.78, 5) is 0. The van der Waals surface area contributed by atoms with Gasteiger partial charge in [0.2, 0.25) is 10.0 Å². The van der Waals surface area contributed by atoms with E-state index in [0.29, 0.717) is 5.56 Å². The van der Waals surface area contributed by atoms with Gasteiger partial charge >= 0.3 is 6.18 Å². The molecule has 0 saturated carbocycles. The van der Waals surface area contributed by atoms with Crippen LogP contribution in [0.1, 0.15) is 29.7 Å². The van der Waals surface area contributed by atoms with E-state index in [9.17, 15) is 21.6 Å². The summed E-state index contributed by atoms with van der Waals surface area (Å²) in [7, 11) is -3.72. The molecule has 0 spiro atoms. The standard InChI is InChI=1S/C17H16F3NO2S/c1-13(15-7-9-16(10-8-15)17(18,19)20)21-24(22,23)12-11-14-5-3-2-4-6-14/h2-13,21H,1H3/b12-11+. The molecule has 0 aliphatic heterocycles. The van der Waals surface area contributed by atoms with Gasteiger partial charge in [-0.15, -0.1) is 0 Å². The summed E-state index contributed by atoms with van der Waals surface area (Å²) < 4.78 is 64.1. The Morgan fingerprint density at radius 1 is 1.00 bits per heavy atom. The predicted molar refractivity (Wildman–Crippen MR) is 87.4 cm³/mol. The fraction of sp³-hybridized carbons (Fsp3) is 0.176. The van der Waals surface area contributed by atoms with Crippen LogP contribution in [0.3, 0.4) is 0 Å². The van der Waals surface area contributed by atoms with Gasteiger partial charge in [-0.2, -0.15) is 13.2 Å². The van der Waals surface area contributed by atoms with Gasteiger partial charge in [0.15, 0.2) is 0 Å². The van der Waals surface area contributed by atoms with Crippen molar-refractivity contribution in [1.82, 2.24) is 4.72 Å². The van der Waals surface area contributed by atoms with Crippen molar-refractivity contribution in [2.45, 2.75) is 19.1 Å². The molecule has 0 saturated heterocycles. The molecule has 0 radical (unpaired) electrons. The summed E-state index contributed by atoms with van der Waals surface area (Å²) in [6, 6.07) is 12.6. The first kappa shape index (κ1) is 18.2. The Kier molecular flexibility index (Phi) is 5.46. The van der Waals surface area contributed by atoms with Crippen molar-refractivity contribution < 1.29 is 21.6 Å². The molecular weight excluding hydrogens is 339 g/mol. The Bertz CT molecular complexity index is 798. The molecule has 0 fully saturated rings. The van der Waals surface area contributed by atoms with Crippen LogP contribution in [-0.2, 0) is 16.2 Å². The summed E-state index contributed by atoms with van der Waals surface area (Å²) >= 11 is 0. The highest BCUT2D eigenvalue weighted by Crippen LogP contribution is 2.30. The fourth-order valence-electron chi connectivity index (χ4n) is 2.05. The highest BCUT2D eigenvalue weighted by atomic mass is 32.2. The van der Waals surface area contributed by atoms with E-state index < -0.39 is 27.8 Å². The number of rotatable bonds is 5. The summed E-state index contributed by atoms with van der Waals surface area (Å²) in [5.74, 6) is 0. The van der Waals surface area contributed by atoms with Crippen molar-refractivity contribution in [2.75, 3.05) is 0 Å². The van der Waals surface area contributed by atoms with E-state index in [1.54, 1.807) is 31.2 Å². The van der Waals surface area contributed by atoms with E-state index in [1.165, 1.54) is 18.2 Å². The molecule has 0 aliphatic carbocycles. The Balaban J connectivity index is 2.08. The van der Waals surface area contributed by atoms with Crippen LogP contribution < -0.4 is 4.72 Å². The normalized spacial score (nSPS) is 14.0. The lowest BCUT2D eigenvalue weighted by molar-refractivity contribution is -0.137. The zero-order valence-corrected chi connectivity index (χ0v) is 13.6. The summed E-state index contributed by atoms with van der Waals surface area (Å²) in [5, 5.41) is 1.03. The Hall–Kier alpha value is -2.12. The first-order valence-electron chi connectivity index (χ1n) is 7.10. The van der Waals surface area contributed by atoms with Crippen LogP contribution in [0.25, 0.3) is 6.08 Å². The molecule has 0 aliphatic rings. The number of alkyl halides is 3. The SMILES string of the molecule is CC(NS(=O)(=O)/C=C/c1ccccc1)c1ccc(C(F)(F)F)cc1. The maximum absolute atomic E-state index is 12.5. The molecule has 1 unspecified atom stereocenters. The van der Waals surface area contributed by atoms with Gasteiger partial charge in [-0.25, -0.2) is 13.1 Å². The zero-order valence-electron chi connectivity index (χ0n) is 12.8. The minimum Gasteiger partial charge on any atom is -0.208 e. The molecule has 2 rings (SSSR count). The van der Waals surface area contributed by atoms with Gasteiger partial charge in [0, 0.05) is 11.4 Å². The highest BCUT2D eigenvalue weighted by molar-refractivity contribution is 7.92. The van der Waals surface area contributed by atoms with Crippen molar-refractivity contribution in [3.63, 3.8) is 0 Å². The van der Waals surface area contributed by atoms with E-state index in [1.807, 2.05) is 6.07 Å². The molecule has 2 aromatic carbocycles. The van der Waals surface area contributed by atoms with Crippen molar-refractivity contribution in [3.05, 3.63) is 76.7 Å². The number of halogens is 3. The minimum absolute atomic E-state index is 0.444. The molecule has 3 nitrogen and oxygen atoms in total. The number of benzene rings is 2. The van der Waals surface area contributed by atoms with Crippen LogP contribution in [0.5, 0.6) is 0 Å². The molecule has 0 bridgehead atoms. The number of hydrogen-bond donors (Lipinski definition) is 1. The lowest BCUT2D eigenvalue weighted by Crippen LogP contribution is -2.24. The fourth-order valence-corrected chi connectivity index (χ4v) is 3.09. The highest BCUT2D eigenvalue weighted by Gasteiger charge is 2.30. The second-order valence-corrected chi connectivity index (χ2v) is 6.82. The van der Waals surface area contributed by atoms with Crippen LogP contribution in [0.4, 0.5) is 13.2 Å². The molecule has 24 heavy (non-hydrogen) atoms. The predicted octanol–water partition coefficient (Wildman–Crippen LogP) is 4.36. The van der Waals surface area contributed by atoms with Crippen LogP contribution in [0.15, 0.2) is 60.0 Å². The Morgan fingerprint density at radius 3 is 2.12 bits per heavy atom. The second kappa shape index (κ2) is 7.19. The quantitative estimate of drug-likeness (QED) is 0.866. The Labute approximate surface area is 138 Å². The van der Waals surface area contributed by atoms with Crippen LogP contribution in [0.2, 0.25) is 0 Å². The van der Waals surface area contributed by atoms with Crippen molar-refractivity contribution in [2.24, 2.45) is 0 Å². The van der Waals surface area contributed by atoms with E-state index >= 15 is 0 Å². The average Bonchev–Trinajstić information content (AvgIpc) is 2.53. The van der Waals surface area contributed by atoms with Crippen molar-refractivity contribution >= 4 is 16.1 Å². The topological polar surface area (TPSA) is 46.2 Å². The molecule has 0 heterocycles. The van der Waals surface area contributed by atoms with E-state index in [4.69, 9.17) is 0 Å². The van der Waals surface area contributed by atoms with Crippen LogP contribution in [0, 0.1) is 0 Å². The molecule has 2 aromatic rings. The van der Waals surface area contributed by atoms with Gasteiger partial charge in [-0.05, 0) is 36.3 Å². The molecule has 0 amide bonds. The first-order valence-corrected chi connectivity index (χ1v) is 8.65. The molecular formula is C17H16F3NO2S. The number of hydrogen-bond acceptors (Lipinski definition) is 2. The second-order valence-electron chi connectivity index (χ2n) is 5.22. The third-order valence-electron chi connectivity index (χ3n) is 3.32. The number of sulfonamides is 1. The van der Waals surface area contributed by atoms with Gasteiger partial charge in [0.1, 0.15) is 0 Å². The van der Waals surface area contributed by atoms with Crippen molar-refractivity contribution in [1.29, 1.82) is 0 Å². The molecule has 7 heteroatoms. The van der Waals surface area contributed by atoms with Gasteiger partial charge in [0.05, 0.1) is 5.56 Å². The van der Waals surface area contributed by atoms with Gasteiger partial charge in [-0.3, -0.25) is 0 Å². The molecule has 1 N–H and O–H groups in total. The third kappa shape index (κ3) is 5.21. The van der Waals surface area contributed by atoms with Crippen LogP contribution in [-0.4, -0.2) is 8.42 Å². The van der Waals surface area contributed by atoms with Gasteiger partial charge in [-0.1, -0.05) is 42.5 Å². The third-order valence-corrected chi connectivity index (χ3v) is 4.49. The van der Waals surface area contributed by atoms with E-state index in [0.717, 1.165) is 23.1 Å². The maximum Gasteiger partial charge on any atom is 0.416 e. The summed E-state index contributed by atoms with van der Waals surface area (Å²) in [6.45, 7) is 1.57. The molecule has 128 valence electrons. The smallest absolute Gasteiger partial charge is 0.208 e. The van der Waals surface area contributed by atoms with Crippen LogP contribution >= 0.6 is 0 Å². The monoisotopic (exact) mass is 355 g/mol. The average molecular weight is 355 g/mol. The summed E-state index contributed by atoms with van der Waals surface area (Å²) in [5.41, 5.74) is 0.398. The van der Waals surface area contributed by atoms with Crippen molar-refractivity contribution in [3.8, 4) is 0 Å². The summed E-state index contributed by atoms with van der Waals surface area (Å²) in [6.07, 6.45) is -2.97. The van der Waals surface area contributed by atoms with E-state index in [2.05, 4.69) is 4.72 Å². The largest absolute Gasteiger partial charge is 0.416 e. The Morgan fingerprint density at radius 2 is 1.58 bits per heavy atom. The van der Waals surface area contributed by atoms with Gasteiger partial charge < -0.3 is 0 Å². The lowest BCUT2D eigenvalue weighted by atomic mass is 10.1. The molecule has 1 atom stereocenters. The first-order chi connectivity index (χ1) is 11.2. The maximum atomic E-state index is 12.5. The minimum atomic E-state index is -4.42. The van der Waals surface area contributed by atoms with E-state index in [-0.39, 0.29) is 0 Å². The zero-order chi connectivity index (χ0) is 17.8. The molecule has 0 aromatic heterocycles. The van der Waals surface area contributed by atoms with Gasteiger partial charge in [0.25, 0.3) is 0 Å². The number of nitrogens with one attached hydrogen (secondary N) is 1.